The highest BCUT2D eigenvalue weighted by Crippen LogP contribution is 2.23. The molecule has 1 N–H and O–H groups in total. The van der Waals surface area contributed by atoms with Crippen LogP contribution in [0.3, 0.4) is 0 Å². The normalized spacial score (nSPS) is 15.5. The van der Waals surface area contributed by atoms with Crippen LogP contribution in [0, 0.1) is 6.92 Å². The minimum absolute atomic E-state index is 0.441. The Morgan fingerprint density at radius 2 is 2.07 bits per heavy atom. The summed E-state index contributed by atoms with van der Waals surface area (Å²) in [6, 6.07) is 8.13. The van der Waals surface area contributed by atoms with E-state index in [0.29, 0.717) is 18.4 Å². The maximum Gasteiger partial charge on any atom is 0.222 e. The number of furan rings is 1. The quantitative estimate of drug-likeness (QED) is 0.692. The summed E-state index contributed by atoms with van der Waals surface area (Å²) >= 11 is 0. The molecule has 1 atom stereocenters. The smallest absolute Gasteiger partial charge is 0.222 e. The van der Waals surface area contributed by atoms with Crippen LogP contribution in [-0.2, 0) is 19.6 Å². The monoisotopic (exact) mass is 366 g/mol. The molecule has 0 radical (unpaired) electrons. The van der Waals surface area contributed by atoms with Crippen molar-refractivity contribution < 1.29 is 4.42 Å². The van der Waals surface area contributed by atoms with Crippen LogP contribution < -0.4 is 5.32 Å². The number of hydrogen-bond donors (Lipinski definition) is 1. The summed E-state index contributed by atoms with van der Waals surface area (Å²) in [6.07, 6.45) is 4.56. The Hall–Kier alpha value is -2.67. The molecular weight excluding hydrogens is 340 g/mol. The molecular formula is C20H26N6O. The number of hydrogen-bond acceptors (Lipinski definition) is 6. The summed E-state index contributed by atoms with van der Waals surface area (Å²) in [6.45, 7) is 8.86. The van der Waals surface area contributed by atoms with E-state index in [0.717, 1.165) is 49.8 Å². The first kappa shape index (κ1) is 17.7. The SMILES string of the molecule is Cc1ccc([C@H](C)CCN2CCn3nc(CNc4ncccn4)cc3C2)o1. The molecule has 0 spiro atoms. The summed E-state index contributed by atoms with van der Waals surface area (Å²) in [4.78, 5) is 10.9. The number of aromatic nitrogens is 4. The molecule has 1 aliphatic heterocycles. The molecule has 0 saturated heterocycles. The second-order valence-electron chi connectivity index (χ2n) is 7.19. The zero-order chi connectivity index (χ0) is 18.6. The molecule has 0 bridgehead atoms. The van der Waals surface area contributed by atoms with E-state index in [9.17, 15) is 0 Å². The molecule has 0 unspecified atom stereocenters. The van der Waals surface area contributed by atoms with Crippen molar-refractivity contribution >= 4 is 5.95 Å². The highest BCUT2D eigenvalue weighted by Gasteiger charge is 2.19. The van der Waals surface area contributed by atoms with Gasteiger partial charge in [-0.3, -0.25) is 9.58 Å². The first-order valence-electron chi connectivity index (χ1n) is 9.52. The number of fused-ring (bicyclic) bond motifs is 1. The van der Waals surface area contributed by atoms with Gasteiger partial charge in [-0.15, -0.1) is 0 Å². The molecule has 1 aliphatic rings. The molecule has 0 aromatic carbocycles. The first-order chi connectivity index (χ1) is 13.2. The van der Waals surface area contributed by atoms with E-state index in [1.807, 2.05) is 19.1 Å². The van der Waals surface area contributed by atoms with Crippen LogP contribution in [0.5, 0.6) is 0 Å². The highest BCUT2D eigenvalue weighted by atomic mass is 16.3. The fraction of sp³-hybridized carbons (Fsp3) is 0.450. The maximum absolute atomic E-state index is 5.76. The van der Waals surface area contributed by atoms with Crippen molar-refractivity contribution in [2.75, 3.05) is 18.4 Å². The van der Waals surface area contributed by atoms with Crippen LogP contribution in [0.15, 0.2) is 41.1 Å². The average Bonchev–Trinajstić information content (AvgIpc) is 3.30. The van der Waals surface area contributed by atoms with Gasteiger partial charge in [0.2, 0.25) is 5.95 Å². The summed E-state index contributed by atoms with van der Waals surface area (Å²) in [5.74, 6) is 3.15. The third-order valence-corrected chi connectivity index (χ3v) is 5.05. The van der Waals surface area contributed by atoms with E-state index in [1.54, 1.807) is 12.4 Å². The molecule has 7 heteroatoms. The third kappa shape index (κ3) is 4.36. The van der Waals surface area contributed by atoms with Gasteiger partial charge in [0.05, 0.1) is 24.5 Å². The zero-order valence-electron chi connectivity index (χ0n) is 15.9. The molecule has 27 heavy (non-hydrogen) atoms. The average molecular weight is 366 g/mol. The topological polar surface area (TPSA) is 72.0 Å². The Bertz CT molecular complexity index is 872. The van der Waals surface area contributed by atoms with Crippen LogP contribution in [0.4, 0.5) is 5.95 Å². The van der Waals surface area contributed by atoms with Crippen LogP contribution in [0.1, 0.15) is 42.2 Å². The van der Waals surface area contributed by atoms with E-state index < -0.39 is 0 Å². The second kappa shape index (κ2) is 7.92. The van der Waals surface area contributed by atoms with Gasteiger partial charge in [0.15, 0.2) is 0 Å². The van der Waals surface area contributed by atoms with Crippen LogP contribution in [-0.4, -0.2) is 37.7 Å². The molecule has 3 aromatic rings. The summed E-state index contributed by atoms with van der Waals surface area (Å²) in [5, 5.41) is 7.92. The van der Waals surface area contributed by atoms with E-state index in [4.69, 9.17) is 9.52 Å². The zero-order valence-corrected chi connectivity index (χ0v) is 15.9. The number of nitrogens with zero attached hydrogens (tertiary/aromatic N) is 5. The minimum atomic E-state index is 0.441. The van der Waals surface area contributed by atoms with Gasteiger partial charge in [0.1, 0.15) is 11.5 Å². The van der Waals surface area contributed by atoms with Crippen LogP contribution in [0.2, 0.25) is 0 Å². The van der Waals surface area contributed by atoms with Gasteiger partial charge < -0.3 is 9.73 Å². The molecule has 142 valence electrons. The molecule has 0 fully saturated rings. The largest absolute Gasteiger partial charge is 0.466 e. The van der Waals surface area contributed by atoms with E-state index >= 15 is 0 Å². The fourth-order valence-corrected chi connectivity index (χ4v) is 3.45. The number of nitrogens with one attached hydrogen (secondary N) is 1. The lowest BCUT2D eigenvalue weighted by Crippen LogP contribution is -2.34. The van der Waals surface area contributed by atoms with Crippen molar-refractivity contribution in [2.45, 2.75) is 45.8 Å². The van der Waals surface area contributed by atoms with Crippen molar-refractivity contribution in [1.29, 1.82) is 0 Å². The highest BCUT2D eigenvalue weighted by molar-refractivity contribution is 5.24. The van der Waals surface area contributed by atoms with Gasteiger partial charge in [-0.05, 0) is 44.2 Å². The number of rotatable bonds is 7. The Balaban J connectivity index is 1.30. The summed E-state index contributed by atoms with van der Waals surface area (Å²) in [7, 11) is 0. The number of aryl methyl sites for hydroxylation is 1. The molecule has 7 nitrogen and oxygen atoms in total. The van der Waals surface area contributed by atoms with Crippen molar-refractivity contribution in [3.63, 3.8) is 0 Å². The number of anilines is 1. The molecule has 0 aliphatic carbocycles. The fourth-order valence-electron chi connectivity index (χ4n) is 3.45. The van der Waals surface area contributed by atoms with Crippen LogP contribution >= 0.6 is 0 Å². The van der Waals surface area contributed by atoms with Gasteiger partial charge in [0.25, 0.3) is 0 Å². The van der Waals surface area contributed by atoms with Gasteiger partial charge in [0, 0.05) is 31.4 Å². The minimum Gasteiger partial charge on any atom is -0.466 e. The van der Waals surface area contributed by atoms with Crippen LogP contribution in [0.25, 0.3) is 0 Å². The third-order valence-electron chi connectivity index (χ3n) is 5.05. The van der Waals surface area contributed by atoms with E-state index in [1.165, 1.54) is 5.69 Å². The van der Waals surface area contributed by atoms with Gasteiger partial charge >= 0.3 is 0 Å². The molecule has 4 rings (SSSR count). The lowest BCUT2D eigenvalue weighted by Gasteiger charge is -2.28. The Morgan fingerprint density at radius 3 is 2.85 bits per heavy atom. The van der Waals surface area contributed by atoms with E-state index in [-0.39, 0.29) is 0 Å². The lowest BCUT2D eigenvalue weighted by molar-refractivity contribution is 0.204. The van der Waals surface area contributed by atoms with Crippen molar-refractivity contribution in [3.05, 3.63) is 59.6 Å². The van der Waals surface area contributed by atoms with Crippen molar-refractivity contribution in [2.24, 2.45) is 0 Å². The maximum atomic E-state index is 5.76. The second-order valence-corrected chi connectivity index (χ2v) is 7.19. The first-order valence-corrected chi connectivity index (χ1v) is 9.52. The predicted octanol–water partition coefficient (Wildman–Crippen LogP) is 3.20. The predicted molar refractivity (Wildman–Crippen MR) is 103 cm³/mol. The Morgan fingerprint density at radius 1 is 1.22 bits per heavy atom. The Labute approximate surface area is 159 Å². The molecule has 4 heterocycles. The molecule has 3 aromatic heterocycles. The molecule has 0 amide bonds. The lowest BCUT2D eigenvalue weighted by atomic mass is 10.0. The van der Waals surface area contributed by atoms with E-state index in [2.05, 4.69) is 43.9 Å². The van der Waals surface area contributed by atoms with Gasteiger partial charge in [-0.25, -0.2) is 9.97 Å². The standard InChI is InChI=1S/C20H26N6O/c1-15(19-5-4-16(2)27-19)6-9-25-10-11-26-18(14-25)12-17(24-26)13-23-20-21-7-3-8-22-20/h3-5,7-8,12,15H,6,9-11,13-14H2,1-2H3,(H,21,22,23)/t15-/m1/s1. The van der Waals surface area contributed by atoms with Crippen molar-refractivity contribution in [3.8, 4) is 0 Å². The van der Waals surface area contributed by atoms with Crippen molar-refractivity contribution in [1.82, 2.24) is 24.6 Å². The summed E-state index contributed by atoms with van der Waals surface area (Å²) in [5.41, 5.74) is 2.30. The Kier molecular flexibility index (Phi) is 5.20. The summed E-state index contributed by atoms with van der Waals surface area (Å²) < 4.78 is 7.88. The molecule has 0 saturated carbocycles. The van der Waals surface area contributed by atoms with Gasteiger partial charge in [-0.1, -0.05) is 6.92 Å². The van der Waals surface area contributed by atoms with Gasteiger partial charge in [-0.2, -0.15) is 5.10 Å².